The van der Waals surface area contributed by atoms with Crippen LogP contribution < -0.4 is 10.6 Å². The molecule has 1 aromatic rings. The van der Waals surface area contributed by atoms with Gasteiger partial charge < -0.3 is 10.6 Å². The molecule has 1 aliphatic heterocycles. The Balaban J connectivity index is 2.30. The molecule has 0 saturated carbocycles. The maximum atomic E-state index is 8.77. The van der Waals surface area contributed by atoms with Crippen LogP contribution in [0.5, 0.6) is 0 Å². The number of hydrogen-bond acceptors (Lipinski definition) is 3. The van der Waals surface area contributed by atoms with Crippen molar-refractivity contribution in [1.82, 2.24) is 0 Å². The van der Waals surface area contributed by atoms with Crippen LogP contribution in [0.2, 0.25) is 5.02 Å². The molecule has 1 fully saturated rings. The molecule has 2 rings (SSSR count). The molecule has 0 spiro atoms. The van der Waals surface area contributed by atoms with Gasteiger partial charge in [0.25, 0.3) is 0 Å². The highest BCUT2D eigenvalue weighted by Crippen LogP contribution is 2.32. The third-order valence-corrected chi connectivity index (χ3v) is 3.34. The van der Waals surface area contributed by atoms with Crippen molar-refractivity contribution in [3.8, 4) is 6.07 Å². The molecule has 0 amide bonds. The maximum absolute atomic E-state index is 8.77. The predicted octanol–water partition coefficient (Wildman–Crippen LogP) is 2.14. The monoisotopic (exact) mass is 235 g/mol. The number of halogens is 1. The van der Waals surface area contributed by atoms with Crippen LogP contribution in [-0.4, -0.2) is 19.1 Å². The van der Waals surface area contributed by atoms with Crippen LogP contribution in [0, 0.1) is 11.3 Å². The number of benzene rings is 1. The van der Waals surface area contributed by atoms with Crippen LogP contribution in [-0.2, 0) is 0 Å². The maximum Gasteiger partial charge on any atom is 0.0992 e. The quantitative estimate of drug-likeness (QED) is 0.855. The third kappa shape index (κ3) is 1.99. The van der Waals surface area contributed by atoms with Gasteiger partial charge in [-0.1, -0.05) is 11.6 Å². The molecule has 84 valence electrons. The van der Waals surface area contributed by atoms with Gasteiger partial charge in [-0.05, 0) is 31.0 Å². The van der Waals surface area contributed by atoms with E-state index in [1.54, 1.807) is 12.1 Å². The summed E-state index contributed by atoms with van der Waals surface area (Å²) in [4.78, 5) is 2.24. The van der Waals surface area contributed by atoms with Gasteiger partial charge in [0.2, 0.25) is 0 Å². The molecular formula is C12H14ClN3. The summed E-state index contributed by atoms with van der Waals surface area (Å²) in [7, 11) is 0. The van der Waals surface area contributed by atoms with Crippen LogP contribution in [0.3, 0.4) is 0 Å². The Morgan fingerprint density at radius 2 is 2.38 bits per heavy atom. The number of nitrogens with zero attached hydrogens (tertiary/aromatic N) is 2. The largest absolute Gasteiger partial charge is 0.366 e. The summed E-state index contributed by atoms with van der Waals surface area (Å²) in [6.07, 6.45) is 2.27. The zero-order valence-corrected chi connectivity index (χ0v) is 9.74. The number of nitriles is 1. The number of rotatable bonds is 2. The topological polar surface area (TPSA) is 53.0 Å². The molecule has 2 N–H and O–H groups in total. The average molecular weight is 236 g/mol. The van der Waals surface area contributed by atoms with Gasteiger partial charge in [-0.25, -0.2) is 0 Å². The van der Waals surface area contributed by atoms with E-state index in [1.807, 2.05) is 6.07 Å². The second kappa shape index (κ2) is 4.73. The summed E-state index contributed by atoms with van der Waals surface area (Å²) in [5.41, 5.74) is 7.32. The van der Waals surface area contributed by atoms with Gasteiger partial charge in [0.05, 0.1) is 22.3 Å². The lowest BCUT2D eigenvalue weighted by Crippen LogP contribution is -2.35. The number of anilines is 1. The Labute approximate surface area is 100 Å². The molecule has 1 unspecified atom stereocenters. The lowest BCUT2D eigenvalue weighted by atomic mass is 10.2. The van der Waals surface area contributed by atoms with Crippen LogP contribution in [0.4, 0.5) is 5.69 Å². The SMILES string of the molecule is N#Cc1ccc(N2CCCC2CN)c(Cl)c1. The smallest absolute Gasteiger partial charge is 0.0992 e. The molecule has 0 aromatic heterocycles. The molecule has 16 heavy (non-hydrogen) atoms. The fraction of sp³-hybridized carbons (Fsp3) is 0.417. The lowest BCUT2D eigenvalue weighted by molar-refractivity contribution is 0.677. The van der Waals surface area contributed by atoms with Gasteiger partial charge in [-0.3, -0.25) is 0 Å². The van der Waals surface area contributed by atoms with Crippen molar-refractivity contribution in [2.24, 2.45) is 5.73 Å². The Kier molecular flexibility index (Phi) is 3.33. The summed E-state index contributed by atoms with van der Waals surface area (Å²) in [5, 5.41) is 9.41. The fourth-order valence-corrected chi connectivity index (χ4v) is 2.50. The standard InChI is InChI=1S/C12H14ClN3/c13-11-6-9(7-14)3-4-12(11)16-5-1-2-10(16)8-15/h3-4,6,10H,1-2,5,8,15H2. The second-order valence-corrected chi connectivity index (χ2v) is 4.41. The molecule has 0 radical (unpaired) electrons. The van der Waals surface area contributed by atoms with Crippen molar-refractivity contribution in [2.75, 3.05) is 18.0 Å². The van der Waals surface area contributed by atoms with E-state index in [4.69, 9.17) is 22.6 Å². The minimum Gasteiger partial charge on any atom is -0.366 e. The Morgan fingerprint density at radius 1 is 1.56 bits per heavy atom. The highest BCUT2D eigenvalue weighted by molar-refractivity contribution is 6.33. The van der Waals surface area contributed by atoms with E-state index in [9.17, 15) is 0 Å². The zero-order valence-electron chi connectivity index (χ0n) is 8.99. The summed E-state index contributed by atoms with van der Waals surface area (Å²) in [5.74, 6) is 0. The van der Waals surface area contributed by atoms with Gasteiger partial charge in [0.15, 0.2) is 0 Å². The molecular weight excluding hydrogens is 222 g/mol. The van der Waals surface area contributed by atoms with Crippen LogP contribution in [0.25, 0.3) is 0 Å². The second-order valence-electron chi connectivity index (χ2n) is 4.00. The van der Waals surface area contributed by atoms with Crippen molar-refractivity contribution in [1.29, 1.82) is 5.26 Å². The molecule has 3 nitrogen and oxygen atoms in total. The Hall–Kier alpha value is -1.24. The van der Waals surface area contributed by atoms with E-state index >= 15 is 0 Å². The van der Waals surface area contributed by atoms with Crippen LogP contribution in [0.1, 0.15) is 18.4 Å². The zero-order chi connectivity index (χ0) is 11.5. The first kappa shape index (κ1) is 11.3. The normalized spacial score (nSPS) is 19.8. The van der Waals surface area contributed by atoms with Crippen molar-refractivity contribution in [3.63, 3.8) is 0 Å². The molecule has 1 heterocycles. The first-order valence-electron chi connectivity index (χ1n) is 5.42. The first-order valence-corrected chi connectivity index (χ1v) is 5.80. The highest BCUT2D eigenvalue weighted by atomic mass is 35.5. The van der Waals surface area contributed by atoms with E-state index in [1.165, 1.54) is 0 Å². The number of nitrogens with two attached hydrogens (primary N) is 1. The molecule has 1 aromatic carbocycles. The highest BCUT2D eigenvalue weighted by Gasteiger charge is 2.24. The van der Waals surface area contributed by atoms with Crippen LogP contribution in [0.15, 0.2) is 18.2 Å². The molecule has 0 bridgehead atoms. The van der Waals surface area contributed by atoms with E-state index in [0.717, 1.165) is 25.1 Å². The molecule has 1 aliphatic rings. The summed E-state index contributed by atoms with van der Waals surface area (Å²) in [6, 6.07) is 7.88. The van der Waals surface area contributed by atoms with E-state index in [0.29, 0.717) is 23.2 Å². The van der Waals surface area contributed by atoms with Crippen LogP contribution >= 0.6 is 11.6 Å². The predicted molar refractivity (Wildman–Crippen MR) is 65.6 cm³/mol. The summed E-state index contributed by atoms with van der Waals surface area (Å²) in [6.45, 7) is 1.64. The van der Waals surface area contributed by atoms with E-state index in [2.05, 4.69) is 11.0 Å². The molecule has 1 saturated heterocycles. The fourth-order valence-electron chi connectivity index (χ4n) is 2.21. The molecule has 4 heteroatoms. The van der Waals surface area contributed by atoms with Crippen molar-refractivity contribution >= 4 is 17.3 Å². The minimum atomic E-state index is 0.380. The van der Waals surface area contributed by atoms with Crippen molar-refractivity contribution in [3.05, 3.63) is 28.8 Å². The Bertz CT molecular complexity index is 425. The minimum absolute atomic E-state index is 0.380. The van der Waals surface area contributed by atoms with Gasteiger partial charge >= 0.3 is 0 Å². The summed E-state index contributed by atoms with van der Waals surface area (Å²) < 4.78 is 0. The van der Waals surface area contributed by atoms with Gasteiger partial charge in [0, 0.05) is 19.1 Å². The molecule has 1 atom stereocenters. The van der Waals surface area contributed by atoms with Crippen molar-refractivity contribution in [2.45, 2.75) is 18.9 Å². The van der Waals surface area contributed by atoms with Gasteiger partial charge in [-0.2, -0.15) is 5.26 Å². The van der Waals surface area contributed by atoms with Crippen molar-refractivity contribution < 1.29 is 0 Å². The number of hydrogen-bond donors (Lipinski definition) is 1. The summed E-state index contributed by atoms with van der Waals surface area (Å²) >= 11 is 6.18. The lowest BCUT2D eigenvalue weighted by Gasteiger charge is -2.26. The van der Waals surface area contributed by atoms with E-state index in [-0.39, 0.29) is 0 Å². The molecule has 0 aliphatic carbocycles. The first-order chi connectivity index (χ1) is 7.76. The average Bonchev–Trinajstić information content (AvgIpc) is 2.76. The Morgan fingerprint density at radius 3 is 3.00 bits per heavy atom. The van der Waals surface area contributed by atoms with Gasteiger partial charge in [0.1, 0.15) is 0 Å². The van der Waals surface area contributed by atoms with E-state index < -0.39 is 0 Å². The van der Waals surface area contributed by atoms with Gasteiger partial charge in [-0.15, -0.1) is 0 Å². The third-order valence-electron chi connectivity index (χ3n) is 3.04.